The summed E-state index contributed by atoms with van der Waals surface area (Å²) in [5, 5.41) is 2.85. The van der Waals surface area contributed by atoms with Crippen molar-refractivity contribution in [2.24, 2.45) is 0 Å². The number of carbonyl (C=O) groups is 1. The van der Waals surface area contributed by atoms with Crippen LogP contribution in [-0.4, -0.2) is 31.2 Å². The van der Waals surface area contributed by atoms with Crippen molar-refractivity contribution in [1.82, 2.24) is 10.3 Å². The maximum Gasteiger partial charge on any atom is 0.323 e. The van der Waals surface area contributed by atoms with Gasteiger partial charge in [0.1, 0.15) is 6.04 Å². The molecule has 0 spiro atoms. The summed E-state index contributed by atoms with van der Waals surface area (Å²) in [7, 11) is 3.03. The van der Waals surface area contributed by atoms with Crippen molar-refractivity contribution in [1.29, 1.82) is 0 Å². The largest absolute Gasteiger partial charge is 0.468 e. The zero-order valence-electron chi connectivity index (χ0n) is 8.74. The molecule has 0 radical (unpaired) electrons. The average molecular weight is 210 g/mol. The van der Waals surface area contributed by atoms with Gasteiger partial charge in [0.15, 0.2) is 0 Å². The van der Waals surface area contributed by atoms with E-state index < -0.39 is 0 Å². The minimum atomic E-state index is -0.388. The summed E-state index contributed by atoms with van der Waals surface area (Å²) in [5.41, 5.74) is 0.720. The van der Waals surface area contributed by atoms with Crippen LogP contribution in [0.15, 0.2) is 23.1 Å². The van der Waals surface area contributed by atoms with E-state index in [1.807, 2.05) is 0 Å². The predicted molar refractivity (Wildman–Crippen MR) is 55.6 cm³/mol. The summed E-state index contributed by atoms with van der Waals surface area (Å²) in [6.07, 6.45) is 2.08. The second kappa shape index (κ2) is 5.31. The Morgan fingerprint density at radius 2 is 2.33 bits per heavy atom. The number of esters is 1. The maximum absolute atomic E-state index is 11.3. The third-order valence-electron chi connectivity index (χ3n) is 2.12. The lowest BCUT2D eigenvalue weighted by Crippen LogP contribution is -2.37. The Balaban J connectivity index is 2.70. The lowest BCUT2D eigenvalue weighted by atomic mass is 10.1. The highest BCUT2D eigenvalue weighted by Crippen LogP contribution is 2.00. The van der Waals surface area contributed by atoms with Crippen molar-refractivity contribution in [3.63, 3.8) is 0 Å². The number of hydrogen-bond donors (Lipinski definition) is 2. The summed E-state index contributed by atoms with van der Waals surface area (Å²) in [4.78, 5) is 24.6. The molecule has 1 heterocycles. The fraction of sp³-hybridized carbons (Fsp3) is 0.400. The lowest BCUT2D eigenvalue weighted by Gasteiger charge is -2.12. The number of likely N-dealkylation sites (N-methyl/N-ethyl adjacent to an activating group) is 1. The molecule has 0 bridgehead atoms. The van der Waals surface area contributed by atoms with Crippen LogP contribution in [0, 0.1) is 0 Å². The van der Waals surface area contributed by atoms with Crippen LogP contribution in [0.1, 0.15) is 5.56 Å². The predicted octanol–water partition coefficient (Wildman–Crippen LogP) is -0.322. The van der Waals surface area contributed by atoms with Crippen LogP contribution in [0.5, 0.6) is 0 Å². The second-order valence-electron chi connectivity index (χ2n) is 3.13. The van der Waals surface area contributed by atoms with E-state index >= 15 is 0 Å². The molecular formula is C10H14N2O3. The maximum atomic E-state index is 11.3. The molecule has 1 rings (SSSR count). The molecule has 0 saturated carbocycles. The van der Waals surface area contributed by atoms with Gasteiger partial charge in [-0.25, -0.2) is 0 Å². The van der Waals surface area contributed by atoms with E-state index in [0.29, 0.717) is 6.42 Å². The number of aromatic nitrogens is 1. The number of pyridine rings is 1. The van der Waals surface area contributed by atoms with Gasteiger partial charge in [-0.15, -0.1) is 0 Å². The summed E-state index contributed by atoms with van der Waals surface area (Å²) in [5.74, 6) is -0.316. The molecule has 0 aromatic carbocycles. The first-order chi connectivity index (χ1) is 7.17. The fourth-order valence-electron chi connectivity index (χ4n) is 1.25. The number of carbonyl (C=O) groups excluding carboxylic acids is 1. The molecule has 0 aliphatic heterocycles. The third kappa shape index (κ3) is 3.21. The van der Waals surface area contributed by atoms with Crippen LogP contribution in [0.25, 0.3) is 0 Å². The van der Waals surface area contributed by atoms with E-state index in [9.17, 15) is 9.59 Å². The highest BCUT2D eigenvalue weighted by molar-refractivity contribution is 5.75. The van der Waals surface area contributed by atoms with Gasteiger partial charge >= 0.3 is 5.97 Å². The summed E-state index contributed by atoms with van der Waals surface area (Å²) in [6, 6.07) is 2.73. The molecule has 15 heavy (non-hydrogen) atoms. The Morgan fingerprint density at radius 3 is 2.80 bits per heavy atom. The van der Waals surface area contributed by atoms with Crippen LogP contribution in [0.4, 0.5) is 0 Å². The minimum absolute atomic E-state index is 0.155. The molecule has 1 aromatic rings. The van der Waals surface area contributed by atoms with Gasteiger partial charge in [-0.05, 0) is 19.0 Å². The number of nitrogens with one attached hydrogen (secondary N) is 2. The quantitative estimate of drug-likeness (QED) is 0.668. The lowest BCUT2D eigenvalue weighted by molar-refractivity contribution is -0.142. The van der Waals surface area contributed by atoms with Crippen molar-refractivity contribution < 1.29 is 9.53 Å². The molecule has 82 valence electrons. The highest BCUT2D eigenvalue weighted by atomic mass is 16.5. The Morgan fingerprint density at radius 1 is 1.60 bits per heavy atom. The molecule has 1 atom stereocenters. The number of rotatable bonds is 4. The van der Waals surface area contributed by atoms with E-state index in [1.165, 1.54) is 13.2 Å². The van der Waals surface area contributed by atoms with E-state index in [1.54, 1.807) is 19.3 Å². The Bertz CT molecular complexity index is 366. The molecule has 0 amide bonds. The first-order valence-corrected chi connectivity index (χ1v) is 4.60. The van der Waals surface area contributed by atoms with Gasteiger partial charge in [0.05, 0.1) is 7.11 Å². The van der Waals surface area contributed by atoms with Crippen molar-refractivity contribution in [2.45, 2.75) is 12.5 Å². The van der Waals surface area contributed by atoms with Crippen molar-refractivity contribution in [2.75, 3.05) is 14.2 Å². The molecule has 5 heteroatoms. The fourth-order valence-corrected chi connectivity index (χ4v) is 1.25. The Labute approximate surface area is 87.5 Å². The molecule has 0 aliphatic carbocycles. The number of H-pyrrole nitrogens is 1. The summed E-state index contributed by atoms with van der Waals surface area (Å²) >= 11 is 0. The van der Waals surface area contributed by atoms with Crippen LogP contribution >= 0.6 is 0 Å². The second-order valence-corrected chi connectivity index (χ2v) is 3.13. The smallest absolute Gasteiger partial charge is 0.323 e. The van der Waals surface area contributed by atoms with Gasteiger partial charge in [-0.1, -0.05) is 6.07 Å². The summed E-state index contributed by atoms with van der Waals surface area (Å²) in [6.45, 7) is 0. The SMILES string of the molecule is CN[C@@H](Cc1ccc(=O)[nH]c1)C(=O)OC. The van der Waals surface area contributed by atoms with Gasteiger partial charge in [-0.2, -0.15) is 0 Å². The van der Waals surface area contributed by atoms with Gasteiger partial charge in [0, 0.05) is 12.3 Å². The standard InChI is InChI=1S/C10H14N2O3/c1-11-8(10(14)15-2)5-7-3-4-9(13)12-6-7/h3-4,6,8,11H,5H2,1-2H3,(H,12,13)/t8-/m0/s1. The molecule has 1 aromatic heterocycles. The molecule has 0 unspecified atom stereocenters. The normalized spacial score (nSPS) is 12.1. The van der Waals surface area contributed by atoms with Gasteiger partial charge in [0.2, 0.25) is 5.56 Å². The minimum Gasteiger partial charge on any atom is -0.468 e. The molecule has 0 saturated heterocycles. The monoisotopic (exact) mass is 210 g/mol. The van der Waals surface area contributed by atoms with E-state index in [0.717, 1.165) is 5.56 Å². The number of aromatic amines is 1. The molecule has 0 fully saturated rings. The van der Waals surface area contributed by atoms with Crippen molar-refractivity contribution in [3.05, 3.63) is 34.2 Å². The van der Waals surface area contributed by atoms with E-state index in [2.05, 4.69) is 15.0 Å². The summed E-state index contributed by atoms with van der Waals surface area (Å²) < 4.78 is 4.63. The number of hydrogen-bond acceptors (Lipinski definition) is 4. The number of methoxy groups -OCH3 is 1. The van der Waals surface area contributed by atoms with Gasteiger partial charge < -0.3 is 15.0 Å². The van der Waals surface area contributed by atoms with Crippen LogP contribution < -0.4 is 10.9 Å². The Kier molecular flexibility index (Phi) is 4.05. The van der Waals surface area contributed by atoms with Crippen LogP contribution in [0.3, 0.4) is 0 Å². The molecular weight excluding hydrogens is 196 g/mol. The van der Waals surface area contributed by atoms with Gasteiger partial charge in [0.25, 0.3) is 0 Å². The zero-order valence-corrected chi connectivity index (χ0v) is 8.74. The first-order valence-electron chi connectivity index (χ1n) is 4.60. The van der Waals surface area contributed by atoms with E-state index in [4.69, 9.17) is 0 Å². The third-order valence-corrected chi connectivity index (χ3v) is 2.12. The number of ether oxygens (including phenoxy) is 1. The zero-order chi connectivity index (χ0) is 11.3. The highest BCUT2D eigenvalue weighted by Gasteiger charge is 2.16. The first kappa shape index (κ1) is 11.5. The molecule has 0 aliphatic rings. The van der Waals surface area contributed by atoms with Gasteiger partial charge in [-0.3, -0.25) is 9.59 Å². The molecule has 2 N–H and O–H groups in total. The van der Waals surface area contributed by atoms with Crippen molar-refractivity contribution in [3.8, 4) is 0 Å². The van der Waals surface area contributed by atoms with Crippen LogP contribution in [0.2, 0.25) is 0 Å². The molecule has 5 nitrogen and oxygen atoms in total. The topological polar surface area (TPSA) is 71.2 Å². The van der Waals surface area contributed by atoms with E-state index in [-0.39, 0.29) is 17.6 Å². The average Bonchev–Trinajstić information content (AvgIpc) is 2.27. The van der Waals surface area contributed by atoms with Crippen molar-refractivity contribution >= 4 is 5.97 Å². The Hall–Kier alpha value is -1.62. The van der Waals surface area contributed by atoms with Crippen LogP contribution in [-0.2, 0) is 16.0 Å².